The summed E-state index contributed by atoms with van der Waals surface area (Å²) in [6.45, 7) is 12.4. The molecule has 0 aliphatic heterocycles. The second-order valence-corrected chi connectivity index (χ2v) is 7.52. The first-order valence-electron chi connectivity index (χ1n) is 8.45. The zero-order chi connectivity index (χ0) is 17.1. The Hall–Kier alpha value is -1.42. The molecule has 1 aromatic rings. The van der Waals surface area contributed by atoms with Crippen LogP contribution in [0.5, 0.6) is 0 Å². The minimum absolute atomic E-state index is 0.119. The van der Waals surface area contributed by atoms with E-state index in [1.165, 1.54) is 11.3 Å². The maximum Gasteiger partial charge on any atom is 0.336 e. The Balaban J connectivity index is 2.56. The molecule has 0 aromatic carbocycles. The Morgan fingerprint density at radius 2 is 2.13 bits per heavy atom. The number of carboxylic acid groups (broad SMARTS) is 1. The topological polar surface area (TPSA) is 49.7 Å². The largest absolute Gasteiger partial charge is 0.478 e. The third-order valence-corrected chi connectivity index (χ3v) is 5.87. The van der Waals surface area contributed by atoms with Crippen LogP contribution in [0.2, 0.25) is 0 Å². The normalized spacial score (nSPS) is 19.2. The van der Waals surface area contributed by atoms with E-state index in [-0.39, 0.29) is 11.8 Å². The molecule has 3 atom stereocenters. The van der Waals surface area contributed by atoms with Crippen molar-refractivity contribution in [2.45, 2.75) is 58.9 Å². The lowest BCUT2D eigenvalue weighted by Crippen LogP contribution is -2.17. The summed E-state index contributed by atoms with van der Waals surface area (Å²) in [7, 11) is 0. The van der Waals surface area contributed by atoms with Crippen LogP contribution in [0.3, 0.4) is 0 Å². The fourth-order valence-electron chi connectivity index (χ4n) is 2.65. The molecule has 23 heavy (non-hydrogen) atoms. The van der Waals surface area contributed by atoms with Crippen LogP contribution in [0.4, 0.5) is 0 Å². The van der Waals surface area contributed by atoms with Gasteiger partial charge < -0.3 is 5.11 Å². The van der Waals surface area contributed by atoms with Crippen LogP contribution in [0.15, 0.2) is 23.0 Å². The molecule has 0 spiro atoms. The van der Waals surface area contributed by atoms with Gasteiger partial charge in [-0.15, -0.1) is 17.9 Å². The van der Waals surface area contributed by atoms with Crippen molar-refractivity contribution in [1.29, 1.82) is 0 Å². The highest BCUT2D eigenvalue weighted by Crippen LogP contribution is 2.37. The van der Waals surface area contributed by atoms with Crippen LogP contribution in [-0.2, 0) is 0 Å². The summed E-state index contributed by atoms with van der Waals surface area (Å²) in [5, 5.41) is 11.4. The molecular formula is C19H27NO2S. The van der Waals surface area contributed by atoms with Gasteiger partial charge in [-0.05, 0) is 42.6 Å². The van der Waals surface area contributed by atoms with Gasteiger partial charge >= 0.3 is 5.97 Å². The molecule has 1 aromatic heterocycles. The Labute approximate surface area is 143 Å². The van der Waals surface area contributed by atoms with E-state index in [2.05, 4.69) is 34.3 Å². The highest BCUT2D eigenvalue weighted by Gasteiger charge is 2.30. The van der Waals surface area contributed by atoms with E-state index in [1.54, 1.807) is 5.38 Å². The minimum Gasteiger partial charge on any atom is -0.478 e. The molecule has 3 unspecified atom stereocenters. The zero-order valence-corrected chi connectivity index (χ0v) is 15.3. The first-order valence-corrected chi connectivity index (χ1v) is 9.33. The predicted molar refractivity (Wildman–Crippen MR) is 98.1 cm³/mol. The Kier molecular flexibility index (Phi) is 5.79. The number of carbonyl (C=O) groups is 1. The molecule has 0 radical (unpaired) electrons. The summed E-state index contributed by atoms with van der Waals surface area (Å²) in [6.07, 6.45) is 5.23. The number of aliphatic imine (C=N–C) groups is 1. The Morgan fingerprint density at radius 3 is 2.61 bits per heavy atom. The molecule has 1 aliphatic carbocycles. The SMILES string of the molecule is C=CC(C)C(C)c1c(C(=O)O)csc1C(=NC1CC1)C(C)CC. The number of allylic oxidation sites excluding steroid dienone is 1. The first kappa shape index (κ1) is 17.9. The van der Waals surface area contributed by atoms with E-state index < -0.39 is 5.97 Å². The number of nitrogens with zero attached hydrogens (tertiary/aromatic N) is 1. The average molecular weight is 333 g/mol. The highest BCUT2D eigenvalue weighted by molar-refractivity contribution is 7.12. The van der Waals surface area contributed by atoms with Gasteiger partial charge in [0.25, 0.3) is 0 Å². The lowest BCUT2D eigenvalue weighted by Gasteiger charge is -2.21. The van der Waals surface area contributed by atoms with E-state index in [1.807, 2.05) is 6.08 Å². The number of aromatic carboxylic acids is 1. The predicted octanol–water partition coefficient (Wildman–Crippen LogP) is 5.37. The maximum atomic E-state index is 11.7. The molecule has 3 nitrogen and oxygen atoms in total. The third kappa shape index (κ3) is 3.92. The van der Waals surface area contributed by atoms with Gasteiger partial charge in [0.1, 0.15) is 0 Å². The van der Waals surface area contributed by atoms with Crippen molar-refractivity contribution < 1.29 is 9.90 Å². The summed E-state index contributed by atoms with van der Waals surface area (Å²) in [4.78, 5) is 17.7. The van der Waals surface area contributed by atoms with Gasteiger partial charge in [0.15, 0.2) is 0 Å². The molecule has 126 valence electrons. The number of rotatable bonds is 8. The van der Waals surface area contributed by atoms with Crippen molar-refractivity contribution in [1.82, 2.24) is 0 Å². The second-order valence-electron chi connectivity index (χ2n) is 6.64. The van der Waals surface area contributed by atoms with Crippen molar-refractivity contribution in [2.75, 3.05) is 0 Å². The average Bonchev–Trinajstić information content (AvgIpc) is 3.25. The fraction of sp³-hybridized carbons (Fsp3) is 0.579. The van der Waals surface area contributed by atoms with Crippen molar-refractivity contribution >= 4 is 23.0 Å². The maximum absolute atomic E-state index is 11.7. The lowest BCUT2D eigenvalue weighted by atomic mass is 9.84. The van der Waals surface area contributed by atoms with Gasteiger partial charge in [-0.3, -0.25) is 4.99 Å². The standard InChI is InChI=1S/C19H27NO2S/c1-6-11(3)13(5)16-15(19(21)22)10-23-18(16)17(12(4)7-2)20-14-8-9-14/h6,10-14H,1,7-9H2,2-5H3,(H,21,22). The van der Waals surface area contributed by atoms with Gasteiger partial charge in [0.05, 0.1) is 22.2 Å². The Bertz CT molecular complexity index is 613. The molecule has 1 saturated carbocycles. The van der Waals surface area contributed by atoms with Crippen LogP contribution in [0.1, 0.15) is 73.7 Å². The fourth-order valence-corrected chi connectivity index (χ4v) is 3.91. The summed E-state index contributed by atoms with van der Waals surface area (Å²) in [5.41, 5.74) is 2.47. The molecule has 0 saturated heterocycles. The highest BCUT2D eigenvalue weighted by atomic mass is 32.1. The quantitative estimate of drug-likeness (QED) is 0.513. The summed E-state index contributed by atoms with van der Waals surface area (Å²) in [5.74, 6) is -0.157. The minimum atomic E-state index is -0.847. The van der Waals surface area contributed by atoms with Gasteiger partial charge in [-0.1, -0.05) is 33.8 Å². The summed E-state index contributed by atoms with van der Waals surface area (Å²) >= 11 is 1.54. The Morgan fingerprint density at radius 1 is 1.48 bits per heavy atom. The number of hydrogen-bond acceptors (Lipinski definition) is 3. The molecular weight excluding hydrogens is 306 g/mol. The zero-order valence-electron chi connectivity index (χ0n) is 14.5. The van der Waals surface area contributed by atoms with Crippen molar-refractivity contribution in [2.24, 2.45) is 16.8 Å². The van der Waals surface area contributed by atoms with E-state index >= 15 is 0 Å². The molecule has 4 heteroatoms. The summed E-state index contributed by atoms with van der Waals surface area (Å²) < 4.78 is 0. The van der Waals surface area contributed by atoms with Crippen molar-refractivity contribution in [3.63, 3.8) is 0 Å². The molecule has 1 aliphatic rings. The third-order valence-electron chi connectivity index (χ3n) is 4.86. The van der Waals surface area contributed by atoms with Gasteiger partial charge in [-0.2, -0.15) is 0 Å². The smallest absolute Gasteiger partial charge is 0.336 e. The molecule has 0 amide bonds. The molecule has 2 rings (SSSR count). The van der Waals surface area contributed by atoms with Gasteiger partial charge in [0.2, 0.25) is 0 Å². The molecule has 1 N–H and O–H groups in total. The van der Waals surface area contributed by atoms with E-state index in [9.17, 15) is 9.90 Å². The summed E-state index contributed by atoms with van der Waals surface area (Å²) in [6, 6.07) is 0.439. The van der Waals surface area contributed by atoms with Crippen molar-refractivity contribution in [3.05, 3.63) is 34.0 Å². The molecule has 1 heterocycles. The van der Waals surface area contributed by atoms with E-state index in [4.69, 9.17) is 4.99 Å². The van der Waals surface area contributed by atoms with Crippen LogP contribution in [0, 0.1) is 11.8 Å². The van der Waals surface area contributed by atoms with Gasteiger partial charge in [-0.25, -0.2) is 4.79 Å². The first-order chi connectivity index (χ1) is 10.9. The van der Waals surface area contributed by atoms with Crippen LogP contribution >= 0.6 is 11.3 Å². The van der Waals surface area contributed by atoms with Crippen molar-refractivity contribution in [3.8, 4) is 0 Å². The number of hydrogen-bond donors (Lipinski definition) is 1. The number of thiophene rings is 1. The lowest BCUT2D eigenvalue weighted by molar-refractivity contribution is 0.0695. The van der Waals surface area contributed by atoms with E-state index in [0.717, 1.165) is 35.4 Å². The van der Waals surface area contributed by atoms with Crippen LogP contribution in [0.25, 0.3) is 0 Å². The molecule has 1 fully saturated rings. The monoisotopic (exact) mass is 333 g/mol. The van der Waals surface area contributed by atoms with E-state index in [0.29, 0.717) is 17.5 Å². The second kappa shape index (κ2) is 7.43. The van der Waals surface area contributed by atoms with Crippen LogP contribution in [-0.4, -0.2) is 22.8 Å². The molecule has 0 bridgehead atoms. The van der Waals surface area contributed by atoms with Crippen LogP contribution < -0.4 is 0 Å². The number of carboxylic acids is 1. The van der Waals surface area contributed by atoms with Gasteiger partial charge in [0, 0.05) is 5.38 Å².